The van der Waals surface area contributed by atoms with Gasteiger partial charge in [0.05, 0.1) is 18.0 Å². The minimum Gasteiger partial charge on any atom is -0.493 e. The van der Waals surface area contributed by atoms with Crippen LogP contribution in [0.5, 0.6) is 0 Å². The maximum Gasteiger partial charge on any atom is 0.410 e. The van der Waals surface area contributed by atoms with E-state index in [4.69, 9.17) is 14.2 Å². The molecule has 1 aromatic rings. The van der Waals surface area contributed by atoms with Crippen molar-refractivity contribution in [2.45, 2.75) is 45.3 Å². The lowest BCUT2D eigenvalue weighted by Crippen LogP contribution is -2.38. The summed E-state index contributed by atoms with van der Waals surface area (Å²) in [5, 5.41) is 0. The standard InChI is InChI=1S/C18H27NO4S/c1-7-22-13(2)14-8-9-15(24-14)18(21-6)10-11-19(12-18)16(20)23-17(3,4)5/h8-9H,2,7,10-12H2,1,3-6H3. The summed E-state index contributed by atoms with van der Waals surface area (Å²) in [4.78, 5) is 16.1. The van der Waals surface area contributed by atoms with E-state index in [2.05, 4.69) is 6.58 Å². The Hall–Kier alpha value is -1.53. The Bertz CT molecular complexity index is 604. The zero-order chi connectivity index (χ0) is 18.0. The third kappa shape index (κ3) is 4.11. The molecular weight excluding hydrogens is 326 g/mol. The Morgan fingerprint density at radius 1 is 1.42 bits per heavy atom. The molecule has 0 aromatic carbocycles. The van der Waals surface area contributed by atoms with Crippen LogP contribution in [0.1, 0.15) is 43.9 Å². The molecule has 24 heavy (non-hydrogen) atoms. The molecule has 1 unspecified atom stereocenters. The lowest BCUT2D eigenvalue weighted by Gasteiger charge is -2.28. The van der Waals surface area contributed by atoms with E-state index in [-0.39, 0.29) is 6.09 Å². The van der Waals surface area contributed by atoms with Gasteiger partial charge in [0.1, 0.15) is 17.0 Å². The summed E-state index contributed by atoms with van der Waals surface area (Å²) in [5.74, 6) is 0.669. The summed E-state index contributed by atoms with van der Waals surface area (Å²) in [6, 6.07) is 4.03. The van der Waals surface area contributed by atoms with Crippen molar-refractivity contribution in [2.75, 3.05) is 26.8 Å². The largest absolute Gasteiger partial charge is 0.493 e. The number of methoxy groups -OCH3 is 1. The van der Waals surface area contributed by atoms with Gasteiger partial charge in [0.15, 0.2) is 0 Å². The molecule has 1 atom stereocenters. The monoisotopic (exact) mass is 353 g/mol. The average Bonchev–Trinajstić information content (AvgIpc) is 3.13. The van der Waals surface area contributed by atoms with Gasteiger partial charge in [-0.15, -0.1) is 11.3 Å². The van der Waals surface area contributed by atoms with Crippen LogP contribution in [0.2, 0.25) is 0 Å². The maximum atomic E-state index is 12.3. The number of carbonyl (C=O) groups is 1. The molecule has 0 radical (unpaired) electrons. The molecule has 1 saturated heterocycles. The van der Waals surface area contributed by atoms with Crippen molar-refractivity contribution in [3.63, 3.8) is 0 Å². The second-order valence-corrected chi connectivity index (χ2v) is 7.95. The quantitative estimate of drug-likeness (QED) is 0.743. The predicted octanol–water partition coefficient (Wildman–Crippen LogP) is 4.24. The van der Waals surface area contributed by atoms with E-state index in [1.54, 1.807) is 23.3 Å². The van der Waals surface area contributed by atoms with Crippen LogP contribution >= 0.6 is 11.3 Å². The molecule has 1 fully saturated rings. The van der Waals surface area contributed by atoms with Crippen molar-refractivity contribution in [1.29, 1.82) is 0 Å². The van der Waals surface area contributed by atoms with Crippen LogP contribution < -0.4 is 0 Å². The van der Waals surface area contributed by atoms with Gasteiger partial charge in [0, 0.05) is 25.0 Å². The summed E-state index contributed by atoms with van der Waals surface area (Å²) in [6.07, 6.45) is 0.445. The second kappa shape index (κ2) is 7.15. The first-order chi connectivity index (χ1) is 11.2. The summed E-state index contributed by atoms with van der Waals surface area (Å²) in [5.41, 5.74) is -0.993. The molecule has 0 bridgehead atoms. The van der Waals surface area contributed by atoms with Crippen molar-refractivity contribution in [1.82, 2.24) is 4.90 Å². The van der Waals surface area contributed by atoms with E-state index in [1.807, 2.05) is 39.8 Å². The number of thiophene rings is 1. The summed E-state index contributed by atoms with van der Waals surface area (Å²) < 4.78 is 16.8. The number of carbonyl (C=O) groups excluding carboxylic acids is 1. The molecule has 2 rings (SSSR count). The van der Waals surface area contributed by atoms with Crippen LogP contribution in [-0.4, -0.2) is 43.4 Å². The Morgan fingerprint density at radius 3 is 2.71 bits per heavy atom. The Kier molecular flexibility index (Phi) is 5.60. The normalized spacial score (nSPS) is 21.0. The molecule has 2 heterocycles. The number of rotatable bonds is 5. The molecule has 1 aromatic heterocycles. The topological polar surface area (TPSA) is 48.0 Å². The highest BCUT2D eigenvalue weighted by atomic mass is 32.1. The van der Waals surface area contributed by atoms with Crippen LogP contribution in [0.4, 0.5) is 4.79 Å². The molecule has 0 spiro atoms. The zero-order valence-corrected chi connectivity index (χ0v) is 16.0. The van der Waals surface area contributed by atoms with Gasteiger partial charge in [-0.25, -0.2) is 4.79 Å². The number of nitrogens with zero attached hydrogens (tertiary/aromatic N) is 1. The highest BCUT2D eigenvalue weighted by molar-refractivity contribution is 7.13. The van der Waals surface area contributed by atoms with E-state index >= 15 is 0 Å². The number of ether oxygens (including phenoxy) is 3. The first kappa shape index (κ1) is 18.8. The Morgan fingerprint density at radius 2 is 2.12 bits per heavy atom. The number of likely N-dealkylation sites (tertiary alicyclic amines) is 1. The summed E-state index contributed by atoms with van der Waals surface area (Å²) in [6.45, 7) is 13.2. The molecular formula is C18H27NO4S. The molecule has 0 N–H and O–H groups in total. The third-order valence-corrected chi connectivity index (χ3v) is 5.23. The van der Waals surface area contributed by atoms with Crippen LogP contribution in [-0.2, 0) is 19.8 Å². The van der Waals surface area contributed by atoms with Gasteiger partial charge < -0.3 is 19.1 Å². The number of amides is 1. The fraction of sp³-hybridized carbons (Fsp3) is 0.611. The minimum atomic E-state index is -0.499. The SMILES string of the molecule is C=C(OCC)c1ccc(C2(OC)CCN(C(=O)OC(C)(C)C)C2)s1. The van der Waals surface area contributed by atoms with Gasteiger partial charge in [0.2, 0.25) is 0 Å². The molecule has 1 aliphatic rings. The van der Waals surface area contributed by atoms with Crippen LogP contribution in [0.3, 0.4) is 0 Å². The van der Waals surface area contributed by atoms with E-state index in [0.29, 0.717) is 25.5 Å². The highest BCUT2D eigenvalue weighted by Gasteiger charge is 2.44. The van der Waals surface area contributed by atoms with Gasteiger partial charge in [-0.3, -0.25) is 0 Å². The number of hydrogen-bond donors (Lipinski definition) is 0. The van der Waals surface area contributed by atoms with E-state index in [0.717, 1.165) is 16.2 Å². The van der Waals surface area contributed by atoms with Gasteiger partial charge in [0.25, 0.3) is 0 Å². The maximum absolute atomic E-state index is 12.3. The summed E-state index contributed by atoms with van der Waals surface area (Å²) in [7, 11) is 1.69. The lowest BCUT2D eigenvalue weighted by atomic mass is 10.0. The van der Waals surface area contributed by atoms with Crippen molar-refractivity contribution in [2.24, 2.45) is 0 Å². The highest BCUT2D eigenvalue weighted by Crippen LogP contribution is 2.40. The van der Waals surface area contributed by atoms with Gasteiger partial charge >= 0.3 is 6.09 Å². The molecule has 0 aliphatic carbocycles. The molecule has 6 heteroatoms. The van der Waals surface area contributed by atoms with Crippen LogP contribution in [0, 0.1) is 0 Å². The van der Waals surface area contributed by atoms with Crippen LogP contribution in [0.25, 0.3) is 5.76 Å². The smallest absolute Gasteiger partial charge is 0.410 e. The lowest BCUT2D eigenvalue weighted by molar-refractivity contribution is -0.0106. The Labute approximate surface area is 148 Å². The number of hydrogen-bond acceptors (Lipinski definition) is 5. The van der Waals surface area contributed by atoms with E-state index in [1.165, 1.54) is 0 Å². The van der Waals surface area contributed by atoms with Gasteiger partial charge in [-0.1, -0.05) is 6.58 Å². The third-order valence-electron chi connectivity index (χ3n) is 3.92. The summed E-state index contributed by atoms with van der Waals surface area (Å²) >= 11 is 1.60. The predicted molar refractivity (Wildman–Crippen MR) is 96.1 cm³/mol. The first-order valence-electron chi connectivity index (χ1n) is 8.16. The van der Waals surface area contributed by atoms with Crippen molar-refractivity contribution in [3.8, 4) is 0 Å². The van der Waals surface area contributed by atoms with Gasteiger partial charge in [-0.05, 0) is 39.8 Å². The van der Waals surface area contributed by atoms with Crippen LogP contribution in [0.15, 0.2) is 18.7 Å². The van der Waals surface area contributed by atoms with Gasteiger partial charge in [-0.2, -0.15) is 0 Å². The molecule has 5 nitrogen and oxygen atoms in total. The molecule has 1 aliphatic heterocycles. The fourth-order valence-corrected chi connectivity index (χ4v) is 3.83. The van der Waals surface area contributed by atoms with E-state index < -0.39 is 11.2 Å². The van der Waals surface area contributed by atoms with E-state index in [9.17, 15) is 4.79 Å². The molecule has 1 amide bonds. The average molecular weight is 353 g/mol. The van der Waals surface area contributed by atoms with Crippen molar-refractivity contribution < 1.29 is 19.0 Å². The zero-order valence-electron chi connectivity index (χ0n) is 15.2. The van der Waals surface area contributed by atoms with Crippen molar-refractivity contribution in [3.05, 3.63) is 28.5 Å². The fourth-order valence-electron chi connectivity index (χ4n) is 2.71. The Balaban J connectivity index is 2.13. The van der Waals surface area contributed by atoms with Crippen molar-refractivity contribution >= 4 is 23.2 Å². The second-order valence-electron chi connectivity index (χ2n) is 6.87. The minimum absolute atomic E-state index is 0.295. The first-order valence-corrected chi connectivity index (χ1v) is 8.98. The molecule has 0 saturated carbocycles. The molecule has 134 valence electrons.